The maximum Gasteiger partial charge on any atom is 0.164 e. The highest BCUT2D eigenvalue weighted by Gasteiger charge is 2.51. The first kappa shape index (κ1) is 35.4. The molecular formula is C58H36N4O. The third-order valence-corrected chi connectivity index (χ3v) is 12.9. The summed E-state index contributed by atoms with van der Waals surface area (Å²) in [5, 5.41) is 2.44. The van der Waals surface area contributed by atoms with Gasteiger partial charge in [-0.15, -0.1) is 0 Å². The predicted octanol–water partition coefficient (Wildman–Crippen LogP) is 14.1. The van der Waals surface area contributed by atoms with Crippen molar-refractivity contribution in [2.45, 2.75) is 5.41 Å². The third kappa shape index (κ3) is 5.33. The molecule has 1 aliphatic heterocycles. The second-order valence-electron chi connectivity index (χ2n) is 16.3. The number of rotatable bonds is 5. The van der Waals surface area contributed by atoms with Crippen LogP contribution >= 0.6 is 0 Å². The average molecular weight is 805 g/mol. The number of benzene rings is 9. The number of ether oxygens (including phenoxy) is 1. The summed E-state index contributed by atoms with van der Waals surface area (Å²) in [7, 11) is 0. The summed E-state index contributed by atoms with van der Waals surface area (Å²) >= 11 is 0. The second kappa shape index (κ2) is 13.8. The molecule has 3 heterocycles. The molecule has 0 fully saturated rings. The van der Waals surface area contributed by atoms with Gasteiger partial charge in [-0.2, -0.15) is 0 Å². The normalized spacial score (nSPS) is 13.0. The molecule has 1 aliphatic carbocycles. The summed E-state index contributed by atoms with van der Waals surface area (Å²) in [5.41, 5.74) is 15.0. The molecule has 0 saturated heterocycles. The van der Waals surface area contributed by atoms with Crippen LogP contribution in [-0.2, 0) is 5.41 Å². The number of fused-ring (bicyclic) bond motifs is 12. The molecule has 9 aromatic carbocycles. The highest BCUT2D eigenvalue weighted by molar-refractivity contribution is 6.10. The molecule has 2 aliphatic rings. The van der Waals surface area contributed by atoms with Crippen molar-refractivity contribution < 1.29 is 4.74 Å². The van der Waals surface area contributed by atoms with E-state index in [2.05, 4.69) is 193 Å². The van der Waals surface area contributed by atoms with Crippen molar-refractivity contribution in [3.63, 3.8) is 0 Å². The van der Waals surface area contributed by atoms with E-state index >= 15 is 0 Å². The molecule has 11 aromatic rings. The molecule has 0 amide bonds. The van der Waals surface area contributed by atoms with E-state index in [0.29, 0.717) is 17.5 Å². The molecular weight excluding hydrogens is 769 g/mol. The van der Waals surface area contributed by atoms with Gasteiger partial charge in [0, 0.05) is 44.3 Å². The van der Waals surface area contributed by atoms with Gasteiger partial charge in [0.1, 0.15) is 11.5 Å². The number of hydrogen-bond acceptors (Lipinski definition) is 4. The molecule has 0 atom stereocenters. The first-order valence-electron chi connectivity index (χ1n) is 21.3. The first-order valence-corrected chi connectivity index (χ1v) is 21.3. The molecule has 63 heavy (non-hydrogen) atoms. The van der Waals surface area contributed by atoms with Gasteiger partial charge < -0.3 is 9.30 Å². The largest absolute Gasteiger partial charge is 0.457 e. The molecule has 13 rings (SSSR count). The topological polar surface area (TPSA) is 52.8 Å². The quantitative estimate of drug-likeness (QED) is 0.174. The van der Waals surface area contributed by atoms with Crippen molar-refractivity contribution in [2.75, 3.05) is 0 Å². The van der Waals surface area contributed by atoms with E-state index in [1.807, 2.05) is 30.3 Å². The summed E-state index contributed by atoms with van der Waals surface area (Å²) in [4.78, 5) is 15.5. The lowest BCUT2D eigenvalue weighted by molar-refractivity contribution is 0.436. The van der Waals surface area contributed by atoms with E-state index in [4.69, 9.17) is 19.7 Å². The minimum absolute atomic E-state index is 0.545. The van der Waals surface area contributed by atoms with Crippen LogP contribution in [-0.4, -0.2) is 19.5 Å². The van der Waals surface area contributed by atoms with Crippen LogP contribution in [0.5, 0.6) is 11.5 Å². The zero-order chi connectivity index (χ0) is 41.5. The molecule has 0 N–H and O–H groups in total. The standard InChI is InChI=1S/C58H36N4O/c1-3-15-37(16-4-1)40-29-33-45-44-20-8-12-24-51(44)62(52(45)36-40)42-31-27-39(28-32-42)56-59-55(38-17-5-2-6-18-38)60-57(61-56)41-30-34-48-46(35-41)43-19-7-9-21-47(43)58(48)49-22-10-13-25-53(49)63-54-26-14-11-23-50(54)58/h1-36H. The molecule has 0 saturated carbocycles. The summed E-state index contributed by atoms with van der Waals surface area (Å²) in [6.07, 6.45) is 0. The van der Waals surface area contributed by atoms with Crippen LogP contribution < -0.4 is 4.74 Å². The predicted molar refractivity (Wildman–Crippen MR) is 253 cm³/mol. The number of aromatic nitrogens is 4. The van der Waals surface area contributed by atoms with Gasteiger partial charge in [0.25, 0.3) is 0 Å². The van der Waals surface area contributed by atoms with E-state index < -0.39 is 5.41 Å². The van der Waals surface area contributed by atoms with Gasteiger partial charge in [-0.1, -0.05) is 164 Å². The van der Waals surface area contributed by atoms with Crippen molar-refractivity contribution in [2.24, 2.45) is 0 Å². The molecule has 0 bridgehead atoms. The van der Waals surface area contributed by atoms with E-state index in [1.54, 1.807) is 0 Å². The Morgan fingerprint density at radius 3 is 1.56 bits per heavy atom. The van der Waals surface area contributed by atoms with Gasteiger partial charge in [-0.05, 0) is 88.0 Å². The lowest BCUT2D eigenvalue weighted by Gasteiger charge is -2.39. The van der Waals surface area contributed by atoms with Gasteiger partial charge in [-0.3, -0.25) is 0 Å². The molecule has 294 valence electrons. The summed E-state index contributed by atoms with van der Waals surface area (Å²) in [6, 6.07) is 77.2. The fourth-order valence-electron chi connectivity index (χ4n) is 10.2. The molecule has 0 unspecified atom stereocenters. The number of nitrogens with zero attached hydrogens (tertiary/aromatic N) is 4. The molecule has 1 spiro atoms. The Morgan fingerprint density at radius 1 is 0.333 bits per heavy atom. The Hall–Kier alpha value is -8.41. The summed E-state index contributed by atoms with van der Waals surface area (Å²) in [5.74, 6) is 3.61. The minimum atomic E-state index is -0.545. The number of hydrogen-bond donors (Lipinski definition) is 0. The summed E-state index contributed by atoms with van der Waals surface area (Å²) < 4.78 is 8.92. The van der Waals surface area contributed by atoms with Crippen LogP contribution in [0.25, 0.3) is 83.9 Å². The monoisotopic (exact) mass is 804 g/mol. The maximum absolute atomic E-state index is 6.56. The summed E-state index contributed by atoms with van der Waals surface area (Å²) in [6.45, 7) is 0. The minimum Gasteiger partial charge on any atom is -0.457 e. The Kier molecular flexibility index (Phi) is 7.75. The van der Waals surface area contributed by atoms with Gasteiger partial charge in [0.15, 0.2) is 17.5 Å². The van der Waals surface area contributed by atoms with Crippen LogP contribution in [0, 0.1) is 0 Å². The van der Waals surface area contributed by atoms with E-state index in [0.717, 1.165) is 61.6 Å². The van der Waals surface area contributed by atoms with Gasteiger partial charge in [-0.25, -0.2) is 15.0 Å². The van der Waals surface area contributed by atoms with E-state index in [9.17, 15) is 0 Å². The van der Waals surface area contributed by atoms with E-state index in [1.165, 1.54) is 38.6 Å². The van der Waals surface area contributed by atoms with Crippen molar-refractivity contribution in [1.29, 1.82) is 0 Å². The zero-order valence-electron chi connectivity index (χ0n) is 34.0. The Balaban J connectivity index is 0.959. The highest BCUT2D eigenvalue weighted by Crippen LogP contribution is 2.62. The average Bonchev–Trinajstić information content (AvgIpc) is 3.84. The molecule has 5 heteroatoms. The Labute approximate surface area is 364 Å². The second-order valence-corrected chi connectivity index (χ2v) is 16.3. The molecule has 5 nitrogen and oxygen atoms in total. The lowest BCUT2D eigenvalue weighted by Crippen LogP contribution is -2.32. The van der Waals surface area contributed by atoms with E-state index in [-0.39, 0.29) is 0 Å². The Bertz CT molecular complexity index is 3550. The lowest BCUT2D eigenvalue weighted by atomic mass is 9.66. The fourth-order valence-corrected chi connectivity index (χ4v) is 10.2. The number of para-hydroxylation sites is 3. The van der Waals surface area contributed by atoms with Crippen LogP contribution in [0.4, 0.5) is 0 Å². The van der Waals surface area contributed by atoms with Crippen LogP contribution in [0.2, 0.25) is 0 Å². The SMILES string of the molecule is c1ccc(-c2ccc3c4ccccc4n(-c4ccc(-c5nc(-c6ccccc6)nc(-c6ccc7c(c6)-c6ccccc6C76c7ccccc7Oc7ccccc76)n5)cc4)c3c2)cc1. The first-order chi connectivity index (χ1) is 31.2. The van der Waals surface area contributed by atoms with Crippen molar-refractivity contribution >= 4 is 21.8 Å². The maximum atomic E-state index is 6.56. The fraction of sp³-hybridized carbons (Fsp3) is 0.0172. The van der Waals surface area contributed by atoms with Crippen molar-refractivity contribution in [3.05, 3.63) is 241 Å². The molecule has 0 radical (unpaired) electrons. The van der Waals surface area contributed by atoms with Crippen LogP contribution in [0.3, 0.4) is 0 Å². The van der Waals surface area contributed by atoms with Gasteiger partial charge in [0.05, 0.1) is 16.4 Å². The Morgan fingerprint density at radius 2 is 0.841 bits per heavy atom. The third-order valence-electron chi connectivity index (χ3n) is 12.9. The van der Waals surface area contributed by atoms with Crippen LogP contribution in [0.1, 0.15) is 22.3 Å². The highest BCUT2D eigenvalue weighted by atomic mass is 16.5. The molecule has 2 aromatic heterocycles. The van der Waals surface area contributed by atoms with Crippen molar-refractivity contribution in [1.82, 2.24) is 19.5 Å². The van der Waals surface area contributed by atoms with Gasteiger partial charge >= 0.3 is 0 Å². The smallest absolute Gasteiger partial charge is 0.164 e. The zero-order valence-corrected chi connectivity index (χ0v) is 34.0. The van der Waals surface area contributed by atoms with Gasteiger partial charge in [0.2, 0.25) is 0 Å². The van der Waals surface area contributed by atoms with Crippen LogP contribution in [0.15, 0.2) is 218 Å². The van der Waals surface area contributed by atoms with Crippen molar-refractivity contribution in [3.8, 4) is 73.6 Å².